The van der Waals surface area contributed by atoms with Crippen LogP contribution in [0.5, 0.6) is 0 Å². The Morgan fingerprint density at radius 2 is 0.743 bits per heavy atom. The zero-order valence-electron chi connectivity index (χ0n) is 40.1. The summed E-state index contributed by atoms with van der Waals surface area (Å²) in [4.78, 5) is 4.98. The van der Waals surface area contributed by atoms with Crippen molar-refractivity contribution in [2.75, 3.05) is 23.1 Å². The molecule has 342 valence electrons. The minimum atomic E-state index is -0.537. The molecule has 12 rings (SSSR count). The lowest BCUT2D eigenvalue weighted by atomic mass is 9.64. The number of hydrogen-bond donors (Lipinski definition) is 0. The molecule has 0 atom stereocenters. The quantitative estimate of drug-likeness (QED) is 0.106. The highest BCUT2D eigenvalue weighted by atomic mass is 15.3. The van der Waals surface area contributed by atoms with Gasteiger partial charge in [-0.1, -0.05) is 214 Å². The normalized spacial score (nSPS) is 15.0. The Hall–Kier alpha value is -8.08. The summed E-state index contributed by atoms with van der Waals surface area (Å²) in [6.07, 6.45) is 11.3. The van der Waals surface area contributed by atoms with Gasteiger partial charge in [-0.25, -0.2) is 0 Å². The Kier molecular flexibility index (Phi) is 12.6. The Morgan fingerprint density at radius 3 is 1.19 bits per heavy atom. The van der Waals surface area contributed by atoms with Crippen LogP contribution in [0.2, 0.25) is 0 Å². The SMILES string of the molecule is C1=[N+](c2ccccc2)CN(c2ccccc2)c2c1cccc2C(c1ccccc1)(c1ccccc1)c1ccccc1.CC1(c2cccc3c2N(c2ccccc2)C[N+](c2ccccc2)=C3)CCCCC1. The van der Waals surface area contributed by atoms with Gasteiger partial charge in [0.1, 0.15) is 0 Å². The summed E-state index contributed by atoms with van der Waals surface area (Å²) in [5, 5.41) is 0. The van der Waals surface area contributed by atoms with Crippen LogP contribution in [0.3, 0.4) is 0 Å². The first-order valence-electron chi connectivity index (χ1n) is 25.0. The Labute approximate surface area is 414 Å². The molecule has 4 heteroatoms. The fraction of sp³-hybridized carbons (Fsp3) is 0.152. The summed E-state index contributed by atoms with van der Waals surface area (Å²) >= 11 is 0. The highest BCUT2D eigenvalue weighted by molar-refractivity contribution is 5.93. The van der Waals surface area contributed by atoms with E-state index in [0.717, 1.165) is 6.67 Å². The van der Waals surface area contributed by atoms with E-state index in [4.69, 9.17) is 0 Å². The van der Waals surface area contributed by atoms with E-state index in [0.29, 0.717) is 6.67 Å². The Bertz CT molecular complexity index is 3120. The molecule has 1 fully saturated rings. The van der Waals surface area contributed by atoms with E-state index in [-0.39, 0.29) is 5.41 Å². The number of fused-ring (bicyclic) bond motifs is 2. The molecule has 3 aliphatic rings. The molecule has 0 radical (unpaired) electrons. The number of rotatable bonds is 9. The number of nitrogens with zero attached hydrogens (tertiary/aromatic N) is 4. The van der Waals surface area contributed by atoms with Gasteiger partial charge in [0, 0.05) is 35.6 Å². The summed E-state index contributed by atoms with van der Waals surface area (Å²) in [5.74, 6) is 0. The lowest BCUT2D eigenvalue weighted by Gasteiger charge is -2.41. The summed E-state index contributed by atoms with van der Waals surface area (Å²) in [6, 6.07) is 89.5. The van der Waals surface area contributed by atoms with Crippen molar-refractivity contribution in [1.82, 2.24) is 0 Å². The summed E-state index contributed by atoms with van der Waals surface area (Å²) < 4.78 is 4.71. The molecule has 1 saturated carbocycles. The molecular weight excluding hydrogens is 849 g/mol. The van der Waals surface area contributed by atoms with Crippen LogP contribution in [0.15, 0.2) is 249 Å². The van der Waals surface area contributed by atoms with Crippen LogP contribution in [0, 0.1) is 0 Å². The van der Waals surface area contributed by atoms with Crippen molar-refractivity contribution in [3.8, 4) is 0 Å². The Balaban J connectivity index is 0.000000162. The second-order valence-electron chi connectivity index (χ2n) is 19.1. The van der Waals surface area contributed by atoms with Crippen LogP contribution >= 0.6 is 0 Å². The second-order valence-corrected chi connectivity index (χ2v) is 19.1. The van der Waals surface area contributed by atoms with Crippen molar-refractivity contribution in [2.24, 2.45) is 0 Å². The topological polar surface area (TPSA) is 12.5 Å². The molecule has 1 aliphatic carbocycles. The molecule has 70 heavy (non-hydrogen) atoms. The van der Waals surface area contributed by atoms with Crippen LogP contribution in [0.1, 0.15) is 78.0 Å². The van der Waals surface area contributed by atoms with E-state index < -0.39 is 5.41 Å². The average Bonchev–Trinajstić information content (AvgIpc) is 3.44. The van der Waals surface area contributed by atoms with E-state index in [1.54, 1.807) is 0 Å². The fourth-order valence-electron chi connectivity index (χ4n) is 11.4. The first-order valence-corrected chi connectivity index (χ1v) is 25.0. The summed E-state index contributed by atoms with van der Waals surface area (Å²) in [7, 11) is 0. The van der Waals surface area contributed by atoms with Crippen molar-refractivity contribution in [1.29, 1.82) is 0 Å². The van der Waals surface area contributed by atoms with Crippen molar-refractivity contribution in [2.45, 2.75) is 49.9 Å². The molecule has 0 amide bonds. The van der Waals surface area contributed by atoms with E-state index in [1.165, 1.54) is 105 Å². The molecule has 0 aromatic heterocycles. The maximum atomic E-state index is 2.51. The van der Waals surface area contributed by atoms with Gasteiger partial charge in [0.25, 0.3) is 0 Å². The van der Waals surface area contributed by atoms with Crippen molar-refractivity contribution in [3.63, 3.8) is 0 Å². The fourth-order valence-corrected chi connectivity index (χ4v) is 11.4. The zero-order chi connectivity index (χ0) is 47.2. The average molecular weight is 909 g/mol. The first-order chi connectivity index (χ1) is 34.6. The third-order valence-corrected chi connectivity index (χ3v) is 14.8. The molecule has 2 aliphatic heterocycles. The van der Waals surface area contributed by atoms with Gasteiger partial charge in [-0.2, -0.15) is 9.15 Å². The highest BCUT2D eigenvalue weighted by Crippen LogP contribution is 2.51. The summed E-state index contributed by atoms with van der Waals surface area (Å²) in [5.41, 5.74) is 16.2. The molecule has 0 N–H and O–H groups in total. The third kappa shape index (κ3) is 8.56. The predicted octanol–water partition coefficient (Wildman–Crippen LogP) is 15.7. The smallest absolute Gasteiger partial charge is 0.228 e. The lowest BCUT2D eigenvalue weighted by Crippen LogP contribution is -2.38. The van der Waals surface area contributed by atoms with E-state index in [9.17, 15) is 0 Å². The zero-order valence-corrected chi connectivity index (χ0v) is 40.1. The molecule has 0 unspecified atom stereocenters. The lowest BCUT2D eigenvalue weighted by molar-refractivity contribution is -0.434. The van der Waals surface area contributed by atoms with Gasteiger partial charge >= 0.3 is 0 Å². The minimum Gasteiger partial charge on any atom is -0.285 e. The standard InChI is InChI=1S/C39H31N2.C27H29N2/c1-6-18-32(19-7-1)39(33-20-8-2-9-21-33,34-22-10-3-11-23-34)37-28-16-17-31-29-40(35-24-12-4-13-25-35)30-41(38(31)37)36-26-14-5-15-27-36;1-27(18-9-4-10-19-27)25-17-11-12-22-20-28(23-13-5-2-6-14-23)21-29(26(22)25)24-15-7-3-8-16-24/h1-29H,30H2;2-3,5-8,11-17,20H,4,9-10,18-19,21H2,1H3/q2*+1. The number of anilines is 4. The van der Waals surface area contributed by atoms with Crippen LogP contribution in [-0.4, -0.2) is 34.9 Å². The molecule has 0 spiro atoms. The van der Waals surface area contributed by atoms with Crippen LogP contribution in [0.25, 0.3) is 0 Å². The second kappa shape index (κ2) is 19.9. The maximum Gasteiger partial charge on any atom is 0.228 e. The van der Waals surface area contributed by atoms with Gasteiger partial charge in [-0.15, -0.1) is 0 Å². The van der Waals surface area contributed by atoms with Gasteiger partial charge in [0.05, 0.1) is 27.9 Å². The number of hydrogen-bond acceptors (Lipinski definition) is 2. The van der Waals surface area contributed by atoms with Gasteiger partial charge in [-0.05, 0) is 82.5 Å². The minimum absolute atomic E-state index is 0.263. The predicted molar refractivity (Wildman–Crippen MR) is 292 cm³/mol. The van der Waals surface area contributed by atoms with E-state index >= 15 is 0 Å². The summed E-state index contributed by atoms with van der Waals surface area (Å²) in [6.45, 7) is 4.01. The molecule has 9 aromatic rings. The van der Waals surface area contributed by atoms with E-state index in [1.807, 2.05) is 0 Å². The first kappa shape index (κ1) is 44.4. The molecule has 0 bridgehead atoms. The molecular formula is C66H60N4+2. The van der Waals surface area contributed by atoms with Gasteiger partial charge in [0.2, 0.25) is 24.7 Å². The van der Waals surface area contributed by atoms with Crippen molar-refractivity contribution in [3.05, 3.63) is 288 Å². The molecule has 2 heterocycles. The van der Waals surface area contributed by atoms with Crippen LogP contribution in [-0.2, 0) is 10.8 Å². The number of para-hydroxylation sites is 6. The van der Waals surface area contributed by atoms with Crippen LogP contribution < -0.4 is 9.80 Å². The van der Waals surface area contributed by atoms with Gasteiger partial charge in [0.15, 0.2) is 12.4 Å². The van der Waals surface area contributed by atoms with E-state index in [2.05, 4.69) is 287 Å². The Morgan fingerprint density at radius 1 is 0.371 bits per heavy atom. The largest absolute Gasteiger partial charge is 0.285 e. The molecule has 4 nitrogen and oxygen atoms in total. The van der Waals surface area contributed by atoms with Gasteiger partial charge < -0.3 is 0 Å². The third-order valence-electron chi connectivity index (χ3n) is 14.8. The monoisotopic (exact) mass is 908 g/mol. The molecule has 0 saturated heterocycles. The highest BCUT2D eigenvalue weighted by Gasteiger charge is 2.43. The van der Waals surface area contributed by atoms with Crippen LogP contribution in [0.4, 0.5) is 34.1 Å². The van der Waals surface area contributed by atoms with Crippen molar-refractivity contribution >= 4 is 46.6 Å². The van der Waals surface area contributed by atoms with Gasteiger partial charge in [-0.3, -0.25) is 9.80 Å². The molecule has 9 aromatic carbocycles. The number of benzene rings is 9. The maximum absolute atomic E-state index is 2.51. The van der Waals surface area contributed by atoms with Crippen molar-refractivity contribution < 1.29 is 9.15 Å².